The van der Waals surface area contributed by atoms with E-state index in [4.69, 9.17) is 7.73 Å². The van der Waals surface area contributed by atoms with E-state index in [2.05, 4.69) is 31.3 Å². The van der Waals surface area contributed by atoms with E-state index in [0.29, 0.717) is 0 Å². The van der Waals surface area contributed by atoms with Crippen LogP contribution in [-0.4, -0.2) is 27.3 Å². The Morgan fingerprint density at radius 2 is 0.818 bits per heavy atom. The summed E-state index contributed by atoms with van der Waals surface area (Å²) in [5, 5.41) is 9.84. The number of Topliss-reactive ketones (excluding diaryl/α,β-unsaturated/α-hetero) is 1. The fraction of sp³-hybridized carbons (Fsp3) is 0. The van der Waals surface area contributed by atoms with Crippen LogP contribution in [-0.2, 0) is 53.4 Å². The normalized spacial score (nSPS) is 10.6. The zero-order chi connectivity index (χ0) is 23.5. The van der Waals surface area contributed by atoms with Crippen LogP contribution < -0.4 is 119 Å². The molecule has 0 aliphatic heterocycles. The van der Waals surface area contributed by atoms with Crippen molar-refractivity contribution >= 4 is 40.0 Å². The predicted octanol–water partition coefficient (Wildman–Crippen LogP) is -4.63. The Morgan fingerprint density at radius 3 is 1.03 bits per heavy atom. The number of hydrogen-bond acceptors (Lipinski definition) is 6. The van der Waals surface area contributed by atoms with Gasteiger partial charge in [-0.15, -0.1) is 0 Å². The Hall–Kier alpha value is 0.746. The molecule has 2 N–H and O–H groups in total. The molecule has 7 nitrogen and oxygen atoms in total. The molecule has 0 fully saturated rings. The van der Waals surface area contributed by atoms with Crippen LogP contribution in [0.4, 0.5) is 0 Å². The number of carboxylic acids is 1. The van der Waals surface area contributed by atoms with Gasteiger partial charge in [0.05, 0.1) is 0 Å². The maximum atomic E-state index is 13.4. The predicted molar refractivity (Wildman–Crippen MR) is 106 cm³/mol. The first kappa shape index (κ1) is 35.9. The van der Waals surface area contributed by atoms with Crippen LogP contribution in [0.3, 0.4) is 0 Å². The summed E-state index contributed by atoms with van der Waals surface area (Å²) in [5.74, 6) is -3.54. The summed E-state index contributed by atoms with van der Waals surface area (Å²) in [6, 6.07) is 24.2. The van der Waals surface area contributed by atoms with Gasteiger partial charge in [0.1, 0.15) is 0 Å². The van der Waals surface area contributed by atoms with Gasteiger partial charge in [-0.2, -0.15) is 0 Å². The monoisotopic (exact) mass is 608 g/mol. The number of hydrogen-bond donors (Lipinski definition) is 2. The van der Waals surface area contributed by atoms with Crippen molar-refractivity contribution in [2.24, 2.45) is 0 Å². The van der Waals surface area contributed by atoms with Crippen molar-refractivity contribution in [1.82, 2.24) is 0 Å². The third kappa shape index (κ3) is 7.38. The third-order valence-corrected chi connectivity index (χ3v) is 9.47. The molecule has 0 aliphatic rings. The molecule has 0 spiro atoms. The molecule has 3 aromatic rings. The van der Waals surface area contributed by atoms with Crippen molar-refractivity contribution in [3.63, 3.8) is 0 Å². The van der Waals surface area contributed by atoms with Crippen LogP contribution in [0.1, 0.15) is 0 Å². The Labute approximate surface area is 291 Å². The first-order valence-corrected chi connectivity index (χ1v) is 11.5. The van der Waals surface area contributed by atoms with Gasteiger partial charge in [-0.05, 0) is 0 Å². The minimum absolute atomic E-state index is 0. The second-order valence-electron chi connectivity index (χ2n) is 6.02. The van der Waals surface area contributed by atoms with Gasteiger partial charge in [0.15, 0.2) is 0 Å². The standard InChI is InChI=1S/C21H17O5P.2Co.2K.2O/c22-19(20(23)24)21(25)27(26,16-10-4-1-5-11-16,17-12-6-2-7-13-17)18-14-8-3-9-15-18;;;;;;/h1-15,26H,(H,23,24);;;;;;/q;;;2*+1;;. The molecule has 0 heterocycles. The van der Waals surface area contributed by atoms with Gasteiger partial charge in [0.2, 0.25) is 0 Å². The summed E-state index contributed by atoms with van der Waals surface area (Å²) in [5.41, 5.74) is -1.32. The number of benzene rings is 3. The third-order valence-electron chi connectivity index (χ3n) is 4.56. The molecule has 0 unspecified atom stereocenters. The summed E-state index contributed by atoms with van der Waals surface area (Å²) < 4.78 is 15.9. The van der Waals surface area contributed by atoms with Crippen LogP contribution in [0.25, 0.3) is 0 Å². The van der Waals surface area contributed by atoms with Gasteiger partial charge < -0.3 is 0 Å². The Balaban J connectivity index is 0. The number of aliphatic carboxylic acids is 1. The summed E-state index contributed by atoms with van der Waals surface area (Å²) in [7, 11) is 0. The van der Waals surface area contributed by atoms with Gasteiger partial charge in [-0.3, -0.25) is 0 Å². The van der Waals surface area contributed by atoms with Crippen molar-refractivity contribution in [2.45, 2.75) is 0 Å². The van der Waals surface area contributed by atoms with Crippen LogP contribution in [0.15, 0.2) is 91.0 Å². The summed E-state index contributed by atoms with van der Waals surface area (Å²) in [6.07, 6.45) is 0. The Morgan fingerprint density at radius 1 is 0.576 bits per heavy atom. The molecule has 12 heteroatoms. The average Bonchev–Trinajstić information content (AvgIpc) is 2.86. The van der Waals surface area contributed by atoms with E-state index in [1.54, 1.807) is 91.0 Å². The topological polar surface area (TPSA) is 126 Å². The maximum absolute atomic E-state index is 13.4. The zero-order valence-electron chi connectivity index (χ0n) is 17.7. The number of carboxylic acid groups (broad SMARTS) is 1. The Kier molecular flexibility index (Phi) is 18.8. The SMILES string of the molecule is O=C(O)C(=O)C(=O)P(O)(c1ccccc1)(c1ccccc1)c1ccccc1.[K+].[K+].[O]=[Co].[O]=[Co]. The molecular formula is C21H17Co2K2O7P+2. The number of rotatable bonds is 6. The van der Waals surface area contributed by atoms with E-state index in [0.717, 1.165) is 0 Å². The number of ketones is 1. The molecule has 0 amide bonds. The second kappa shape index (κ2) is 17.2. The Bertz CT molecular complexity index is 957. The number of carbonyl (C=O) groups excluding carboxylic acids is 2. The van der Waals surface area contributed by atoms with Crippen molar-refractivity contribution in [3.05, 3.63) is 91.0 Å². The van der Waals surface area contributed by atoms with Crippen LogP contribution in [0.2, 0.25) is 0 Å². The molecule has 3 aromatic carbocycles. The summed E-state index contributed by atoms with van der Waals surface area (Å²) >= 11 is 4.62. The van der Waals surface area contributed by atoms with E-state index in [1.165, 1.54) is 0 Å². The second-order valence-corrected chi connectivity index (χ2v) is 10.1. The molecular weight excluding hydrogens is 591 g/mol. The molecule has 0 aromatic heterocycles. The molecule has 166 valence electrons. The quantitative estimate of drug-likeness (QED) is 0.125. The van der Waals surface area contributed by atoms with Crippen LogP contribution in [0.5, 0.6) is 0 Å². The molecule has 33 heavy (non-hydrogen) atoms. The van der Waals surface area contributed by atoms with E-state index in [1.807, 2.05) is 0 Å². The van der Waals surface area contributed by atoms with E-state index < -0.39 is 24.1 Å². The molecule has 0 bridgehead atoms. The molecule has 3 rings (SSSR count). The van der Waals surface area contributed by atoms with E-state index in [-0.39, 0.29) is 119 Å². The average molecular weight is 608 g/mol. The van der Waals surface area contributed by atoms with Crippen molar-refractivity contribution < 1.29 is 166 Å². The van der Waals surface area contributed by atoms with Crippen LogP contribution in [0, 0.1) is 0 Å². The van der Waals surface area contributed by atoms with Gasteiger partial charge in [-0.25, -0.2) is 0 Å². The van der Waals surface area contributed by atoms with E-state index in [9.17, 15) is 24.4 Å². The van der Waals surface area contributed by atoms with Gasteiger partial charge in [0, 0.05) is 0 Å². The van der Waals surface area contributed by atoms with Gasteiger partial charge in [-0.1, -0.05) is 0 Å². The van der Waals surface area contributed by atoms with Gasteiger partial charge in [0.25, 0.3) is 0 Å². The molecule has 0 aliphatic carbocycles. The van der Waals surface area contributed by atoms with Gasteiger partial charge >= 0.3 is 297 Å². The number of carbonyl (C=O) groups is 3. The fourth-order valence-corrected chi connectivity index (χ4v) is 7.59. The molecule has 0 saturated heterocycles. The van der Waals surface area contributed by atoms with Crippen molar-refractivity contribution in [1.29, 1.82) is 0 Å². The fourth-order valence-electron chi connectivity index (χ4n) is 3.24. The van der Waals surface area contributed by atoms with E-state index >= 15 is 0 Å². The summed E-state index contributed by atoms with van der Waals surface area (Å²) in [4.78, 5) is 49.5. The first-order valence-electron chi connectivity index (χ1n) is 8.43. The van der Waals surface area contributed by atoms with Crippen LogP contribution >= 0.6 is 6.83 Å². The van der Waals surface area contributed by atoms with Crippen molar-refractivity contribution in [3.8, 4) is 0 Å². The summed E-state index contributed by atoms with van der Waals surface area (Å²) in [6.45, 7) is -5.04. The molecule has 0 radical (unpaired) electrons. The minimum atomic E-state index is -5.04. The molecule has 0 saturated carbocycles. The molecule has 0 atom stereocenters. The first-order chi connectivity index (χ1) is 14.9. The van der Waals surface area contributed by atoms with Crippen molar-refractivity contribution in [2.75, 3.05) is 0 Å². The zero-order valence-corrected chi connectivity index (χ0v) is 26.9.